The highest BCUT2D eigenvalue weighted by Crippen LogP contribution is 2.63. The van der Waals surface area contributed by atoms with E-state index in [1.54, 1.807) is 0 Å². The van der Waals surface area contributed by atoms with Gasteiger partial charge in [-0.2, -0.15) is 70.8 Å². The molecule has 0 N–H and O–H groups in total. The van der Waals surface area contributed by atoms with Crippen LogP contribution in [-0.2, 0) is 5.92 Å². The summed E-state index contributed by atoms with van der Waals surface area (Å²) in [6, 6.07) is 5.78. The molecule has 0 aliphatic rings. The van der Waals surface area contributed by atoms with E-state index in [0.717, 1.165) is 12.1 Å². The minimum atomic E-state index is -8.38. The predicted octanol–water partition coefficient (Wildman–Crippen LogP) is 6.57. The molecular weight excluding hydrogens is 509 g/mol. The number of aromatic nitrogens is 2. The Morgan fingerprint density at radius 2 is 0.970 bits per heavy atom. The van der Waals surface area contributed by atoms with Gasteiger partial charge in [-0.25, -0.2) is 0 Å². The highest BCUT2D eigenvalue weighted by atomic mass is 19.4. The summed E-state index contributed by atoms with van der Waals surface area (Å²) >= 11 is 0. The molecule has 0 bridgehead atoms. The van der Waals surface area contributed by atoms with Gasteiger partial charge in [0.1, 0.15) is 0 Å². The third kappa shape index (κ3) is 3.56. The molecule has 0 fully saturated rings. The summed E-state index contributed by atoms with van der Waals surface area (Å²) in [4.78, 5) is 2.56. The molecule has 186 valence electrons. The zero-order valence-corrected chi connectivity index (χ0v) is 14.9. The van der Waals surface area contributed by atoms with E-state index in [9.17, 15) is 65.9 Å². The molecule has 0 saturated heterocycles. The average molecular weight is 514 g/mol. The normalized spacial score (nSPS) is 15.1. The van der Waals surface area contributed by atoms with Crippen LogP contribution in [0, 0.1) is 0 Å². The van der Waals surface area contributed by atoms with E-state index >= 15 is 0 Å². The largest absolute Gasteiger partial charge is 0.460 e. The van der Waals surface area contributed by atoms with Crippen LogP contribution < -0.4 is 0 Å². The predicted molar refractivity (Wildman–Crippen MR) is 74.4 cm³/mol. The minimum Gasteiger partial charge on any atom is -0.334 e. The number of rotatable bonds is 7. The van der Waals surface area contributed by atoms with Gasteiger partial charge in [-0.05, 0) is 12.1 Å². The van der Waals surface area contributed by atoms with Crippen LogP contribution in [0.1, 0.15) is 5.82 Å². The molecule has 0 radical (unpaired) electrons. The van der Waals surface area contributed by atoms with Gasteiger partial charge < -0.3 is 4.52 Å². The summed E-state index contributed by atoms with van der Waals surface area (Å²) in [6.45, 7) is 0. The van der Waals surface area contributed by atoms with Crippen molar-refractivity contribution in [3.63, 3.8) is 0 Å². The summed E-state index contributed by atoms with van der Waals surface area (Å²) in [7, 11) is 0. The average Bonchev–Trinajstić information content (AvgIpc) is 3.18. The molecule has 0 spiro atoms. The van der Waals surface area contributed by atoms with Gasteiger partial charge in [0, 0.05) is 5.56 Å². The van der Waals surface area contributed by atoms with E-state index in [0.29, 0.717) is 0 Å². The lowest BCUT2D eigenvalue weighted by molar-refractivity contribution is -0.454. The molecule has 18 heteroatoms. The SMILES string of the molecule is FC(F)(F)C(F)(F)C(F)(F)C(F)(F)C(F)(F)C(F)(F)C(F)(F)c1noc(-c2ccccc2)n1. The van der Waals surface area contributed by atoms with Crippen molar-refractivity contribution in [2.45, 2.75) is 41.7 Å². The molecule has 2 rings (SSSR count). The summed E-state index contributed by atoms with van der Waals surface area (Å²) in [5, 5.41) is 2.17. The number of halogens is 15. The third-order valence-corrected chi connectivity index (χ3v) is 4.06. The number of alkyl halides is 15. The molecule has 0 amide bonds. The smallest absolute Gasteiger partial charge is 0.334 e. The van der Waals surface area contributed by atoms with Crippen molar-refractivity contribution in [2.75, 3.05) is 0 Å². The van der Waals surface area contributed by atoms with Gasteiger partial charge in [-0.1, -0.05) is 23.4 Å². The fraction of sp³-hybridized carbons (Fsp3) is 0.467. The standard InChI is InChI=1S/C15H5F15N2O/c16-9(17,8-31-7(33-32-8)6-4-2-1-3-5-6)10(18,19)11(20,21)12(22,23)13(24,25)14(26,27)15(28,29)30/h1-5H. The molecule has 0 aliphatic heterocycles. The zero-order valence-electron chi connectivity index (χ0n) is 14.9. The number of hydrogen-bond acceptors (Lipinski definition) is 3. The van der Waals surface area contributed by atoms with Crippen LogP contribution in [0.2, 0.25) is 0 Å². The van der Waals surface area contributed by atoms with Crippen molar-refractivity contribution in [1.82, 2.24) is 10.1 Å². The van der Waals surface area contributed by atoms with E-state index in [2.05, 4.69) is 14.7 Å². The maximum atomic E-state index is 14.0. The Bertz CT molecular complexity index is 981. The number of nitrogens with zero attached hydrogens (tertiary/aromatic N) is 2. The van der Waals surface area contributed by atoms with Gasteiger partial charge in [0.05, 0.1) is 0 Å². The van der Waals surface area contributed by atoms with Crippen LogP contribution in [0.25, 0.3) is 11.5 Å². The van der Waals surface area contributed by atoms with Crippen molar-refractivity contribution in [3.8, 4) is 11.5 Å². The molecule has 0 aliphatic carbocycles. The Kier molecular flexibility index (Phi) is 5.96. The molecule has 1 aromatic carbocycles. The quantitative estimate of drug-likeness (QED) is 0.393. The summed E-state index contributed by atoms with van der Waals surface area (Å²) < 4.78 is 202. The van der Waals surface area contributed by atoms with Crippen molar-refractivity contribution in [1.29, 1.82) is 0 Å². The molecular formula is C15H5F15N2O. The van der Waals surface area contributed by atoms with Crippen molar-refractivity contribution >= 4 is 0 Å². The molecule has 0 atom stereocenters. The van der Waals surface area contributed by atoms with E-state index < -0.39 is 53.4 Å². The maximum Gasteiger partial charge on any atom is 0.460 e. The monoisotopic (exact) mass is 514 g/mol. The van der Waals surface area contributed by atoms with Crippen LogP contribution in [0.5, 0.6) is 0 Å². The molecule has 2 aromatic rings. The van der Waals surface area contributed by atoms with E-state index in [1.807, 2.05) is 0 Å². The highest BCUT2D eigenvalue weighted by Gasteiger charge is 2.93. The lowest BCUT2D eigenvalue weighted by Gasteiger charge is -2.40. The van der Waals surface area contributed by atoms with Crippen LogP contribution in [0.3, 0.4) is 0 Å². The fourth-order valence-electron chi connectivity index (χ4n) is 2.16. The Balaban J connectivity index is 2.57. The molecule has 3 nitrogen and oxygen atoms in total. The fourth-order valence-corrected chi connectivity index (χ4v) is 2.16. The highest BCUT2D eigenvalue weighted by molar-refractivity contribution is 5.52. The minimum absolute atomic E-state index is 0.302. The van der Waals surface area contributed by atoms with Gasteiger partial charge in [0.25, 0.3) is 5.89 Å². The van der Waals surface area contributed by atoms with Crippen LogP contribution in [0.4, 0.5) is 65.9 Å². The van der Waals surface area contributed by atoms with Crippen molar-refractivity contribution < 1.29 is 70.4 Å². The summed E-state index contributed by atoms with van der Waals surface area (Å²) in [6.07, 6.45) is -7.66. The van der Waals surface area contributed by atoms with Gasteiger partial charge in [0.2, 0.25) is 5.82 Å². The topological polar surface area (TPSA) is 38.9 Å². The zero-order chi connectivity index (χ0) is 25.9. The third-order valence-electron chi connectivity index (χ3n) is 4.06. The first-order valence-corrected chi connectivity index (χ1v) is 7.80. The summed E-state index contributed by atoms with van der Waals surface area (Å²) in [5.74, 6) is -51.3. The molecule has 33 heavy (non-hydrogen) atoms. The molecule has 1 heterocycles. The second-order valence-corrected chi connectivity index (χ2v) is 6.23. The van der Waals surface area contributed by atoms with Gasteiger partial charge >= 0.3 is 41.7 Å². The van der Waals surface area contributed by atoms with Crippen LogP contribution in [-0.4, -0.2) is 45.9 Å². The van der Waals surface area contributed by atoms with Crippen LogP contribution >= 0.6 is 0 Å². The second kappa shape index (κ2) is 7.41. The lowest BCUT2D eigenvalue weighted by atomic mass is 9.91. The first-order chi connectivity index (χ1) is 14.6. The Morgan fingerprint density at radius 3 is 1.42 bits per heavy atom. The lowest BCUT2D eigenvalue weighted by Crippen LogP contribution is -2.72. The molecule has 0 unspecified atom stereocenters. The molecule has 0 saturated carbocycles. The van der Waals surface area contributed by atoms with E-state index in [1.165, 1.54) is 18.2 Å². The van der Waals surface area contributed by atoms with E-state index in [4.69, 9.17) is 0 Å². The van der Waals surface area contributed by atoms with Crippen molar-refractivity contribution in [3.05, 3.63) is 36.2 Å². The first kappa shape index (κ1) is 26.6. The van der Waals surface area contributed by atoms with Crippen LogP contribution in [0.15, 0.2) is 34.9 Å². The molecule has 1 aromatic heterocycles. The Morgan fingerprint density at radius 1 is 0.545 bits per heavy atom. The van der Waals surface area contributed by atoms with Crippen molar-refractivity contribution in [2.24, 2.45) is 0 Å². The van der Waals surface area contributed by atoms with E-state index in [-0.39, 0.29) is 5.56 Å². The van der Waals surface area contributed by atoms with Gasteiger partial charge in [-0.15, -0.1) is 0 Å². The van der Waals surface area contributed by atoms with Gasteiger partial charge in [-0.3, -0.25) is 0 Å². The number of hydrogen-bond donors (Lipinski definition) is 0. The second-order valence-electron chi connectivity index (χ2n) is 6.23. The maximum absolute atomic E-state index is 14.0. The Hall–Kier alpha value is -2.69. The summed E-state index contributed by atoms with van der Waals surface area (Å²) in [5.41, 5.74) is -0.302. The first-order valence-electron chi connectivity index (χ1n) is 7.80. The van der Waals surface area contributed by atoms with Gasteiger partial charge in [0.15, 0.2) is 0 Å². The Labute approximate surface area is 171 Å². The number of benzene rings is 1.